The van der Waals surface area contributed by atoms with Gasteiger partial charge in [-0.1, -0.05) is 13.3 Å². The van der Waals surface area contributed by atoms with Crippen molar-refractivity contribution in [3.8, 4) is 0 Å². The molecule has 3 heterocycles. The van der Waals surface area contributed by atoms with E-state index in [2.05, 4.69) is 51.8 Å². The molecule has 0 spiro atoms. The lowest BCUT2D eigenvalue weighted by atomic mass is 10.0. The molecule has 6 heteroatoms. The second-order valence-corrected chi connectivity index (χ2v) is 8.57. The van der Waals surface area contributed by atoms with Crippen LogP contribution >= 0.6 is 15.9 Å². The molecule has 2 aliphatic rings. The van der Waals surface area contributed by atoms with Gasteiger partial charge in [-0.3, -0.25) is 9.67 Å². The minimum atomic E-state index is 0.0846. The fourth-order valence-corrected chi connectivity index (χ4v) is 4.18. The summed E-state index contributed by atoms with van der Waals surface area (Å²) < 4.78 is 15.3. The molecule has 1 saturated heterocycles. The summed E-state index contributed by atoms with van der Waals surface area (Å²) in [6, 6.07) is 2.81. The van der Waals surface area contributed by atoms with Gasteiger partial charge in [0.25, 0.3) is 0 Å². The molecule has 0 aromatic carbocycles. The molecule has 0 radical (unpaired) electrons. The standard InChI is InChI=1S/C21H28BrN3O2/c1-3-4-15-9-19(22)20(24-14(15)2)13-27-18-7-8-26-21(10-18)16-11-23-25(12-16)17-5-6-17/h9,11-12,17-18,21H,3-8,10,13H2,1-2H3/t18-,21+/m0/s1. The Hall–Kier alpha value is -1.24. The maximum absolute atomic E-state index is 6.22. The third-order valence-corrected chi connectivity index (χ3v) is 6.16. The molecular formula is C21H28BrN3O2. The molecule has 27 heavy (non-hydrogen) atoms. The molecule has 0 amide bonds. The van der Waals surface area contributed by atoms with Gasteiger partial charge >= 0.3 is 0 Å². The van der Waals surface area contributed by atoms with Crippen LogP contribution in [0.5, 0.6) is 0 Å². The molecule has 2 aromatic heterocycles. The monoisotopic (exact) mass is 433 g/mol. The summed E-state index contributed by atoms with van der Waals surface area (Å²) in [6.45, 7) is 5.54. The van der Waals surface area contributed by atoms with Crippen LogP contribution in [0.3, 0.4) is 0 Å². The van der Waals surface area contributed by atoms with Crippen molar-refractivity contribution in [2.75, 3.05) is 6.61 Å². The van der Waals surface area contributed by atoms with Crippen molar-refractivity contribution in [2.45, 2.75) is 77.2 Å². The van der Waals surface area contributed by atoms with E-state index in [-0.39, 0.29) is 12.2 Å². The zero-order valence-corrected chi connectivity index (χ0v) is 17.7. The second kappa shape index (κ2) is 8.41. The Labute approximate surface area is 169 Å². The molecular weight excluding hydrogens is 406 g/mol. The summed E-state index contributed by atoms with van der Waals surface area (Å²) in [5, 5.41) is 4.50. The molecule has 1 aliphatic heterocycles. The van der Waals surface area contributed by atoms with Crippen LogP contribution in [0.15, 0.2) is 22.9 Å². The van der Waals surface area contributed by atoms with Crippen molar-refractivity contribution >= 4 is 15.9 Å². The fourth-order valence-electron chi connectivity index (χ4n) is 3.70. The zero-order valence-electron chi connectivity index (χ0n) is 16.2. The largest absolute Gasteiger partial charge is 0.373 e. The van der Waals surface area contributed by atoms with Crippen LogP contribution in [0.2, 0.25) is 0 Å². The number of aromatic nitrogens is 3. The molecule has 146 valence electrons. The van der Waals surface area contributed by atoms with Crippen LogP contribution in [-0.2, 0) is 22.5 Å². The molecule has 0 unspecified atom stereocenters. The normalized spacial score (nSPS) is 22.9. The van der Waals surface area contributed by atoms with E-state index in [9.17, 15) is 0 Å². The van der Waals surface area contributed by atoms with Gasteiger partial charge in [0.2, 0.25) is 0 Å². The van der Waals surface area contributed by atoms with Crippen molar-refractivity contribution < 1.29 is 9.47 Å². The van der Waals surface area contributed by atoms with Crippen molar-refractivity contribution in [1.29, 1.82) is 0 Å². The van der Waals surface area contributed by atoms with Gasteiger partial charge in [-0.15, -0.1) is 0 Å². The van der Waals surface area contributed by atoms with E-state index < -0.39 is 0 Å². The number of halogens is 1. The number of nitrogens with zero attached hydrogens (tertiary/aromatic N) is 3. The molecule has 2 fully saturated rings. The van der Waals surface area contributed by atoms with E-state index in [0.29, 0.717) is 12.6 Å². The average molecular weight is 434 g/mol. The topological polar surface area (TPSA) is 49.2 Å². The van der Waals surface area contributed by atoms with Crippen LogP contribution in [0.4, 0.5) is 0 Å². The number of pyridine rings is 1. The Morgan fingerprint density at radius 2 is 2.19 bits per heavy atom. The maximum atomic E-state index is 6.22. The highest BCUT2D eigenvalue weighted by Gasteiger charge is 2.29. The lowest BCUT2D eigenvalue weighted by Crippen LogP contribution is -2.26. The third-order valence-electron chi connectivity index (χ3n) is 5.47. The molecule has 4 rings (SSSR count). The average Bonchev–Trinajstić information content (AvgIpc) is 3.40. The van der Waals surface area contributed by atoms with Crippen LogP contribution in [0.25, 0.3) is 0 Å². The number of ether oxygens (including phenoxy) is 2. The van der Waals surface area contributed by atoms with Gasteiger partial charge in [0.1, 0.15) is 0 Å². The van der Waals surface area contributed by atoms with Crippen LogP contribution in [-0.4, -0.2) is 27.5 Å². The number of hydrogen-bond acceptors (Lipinski definition) is 4. The van der Waals surface area contributed by atoms with Crippen LogP contribution in [0.1, 0.15) is 73.7 Å². The number of hydrogen-bond donors (Lipinski definition) is 0. The van der Waals surface area contributed by atoms with E-state index in [0.717, 1.165) is 48.2 Å². The molecule has 1 aliphatic carbocycles. The molecule has 1 saturated carbocycles. The van der Waals surface area contributed by atoms with Crippen LogP contribution < -0.4 is 0 Å². The summed E-state index contributed by atoms with van der Waals surface area (Å²) in [4.78, 5) is 4.77. The van der Waals surface area contributed by atoms with Crippen LogP contribution in [0, 0.1) is 6.92 Å². The van der Waals surface area contributed by atoms with Gasteiger partial charge in [0.05, 0.1) is 36.7 Å². The Morgan fingerprint density at radius 3 is 2.96 bits per heavy atom. The van der Waals surface area contributed by atoms with E-state index in [1.807, 2.05) is 6.20 Å². The number of aryl methyl sites for hydroxylation is 2. The minimum Gasteiger partial charge on any atom is -0.373 e. The zero-order chi connectivity index (χ0) is 18.8. The third kappa shape index (κ3) is 4.61. The molecule has 0 N–H and O–H groups in total. The fraction of sp³-hybridized carbons (Fsp3) is 0.619. The van der Waals surface area contributed by atoms with Gasteiger partial charge in [-0.05, 0) is 60.2 Å². The van der Waals surface area contributed by atoms with Gasteiger partial charge in [-0.25, -0.2) is 0 Å². The Morgan fingerprint density at radius 1 is 1.33 bits per heavy atom. The maximum Gasteiger partial charge on any atom is 0.0903 e. The highest BCUT2D eigenvalue weighted by molar-refractivity contribution is 9.10. The first kappa shape index (κ1) is 19.1. The van der Waals surface area contributed by atoms with Gasteiger partial charge in [0, 0.05) is 35.0 Å². The first-order valence-electron chi connectivity index (χ1n) is 10.1. The van der Waals surface area contributed by atoms with E-state index >= 15 is 0 Å². The first-order valence-corrected chi connectivity index (χ1v) is 10.9. The summed E-state index contributed by atoms with van der Waals surface area (Å²) in [5.74, 6) is 0. The molecule has 5 nitrogen and oxygen atoms in total. The predicted molar refractivity (Wildman–Crippen MR) is 108 cm³/mol. The Balaban J connectivity index is 1.36. The minimum absolute atomic E-state index is 0.0846. The van der Waals surface area contributed by atoms with Crippen molar-refractivity contribution in [1.82, 2.24) is 14.8 Å². The number of rotatable bonds is 7. The van der Waals surface area contributed by atoms with Gasteiger partial charge in [-0.2, -0.15) is 5.10 Å². The lowest BCUT2D eigenvalue weighted by Gasteiger charge is -2.29. The smallest absolute Gasteiger partial charge is 0.0903 e. The summed E-state index contributed by atoms with van der Waals surface area (Å²) >= 11 is 3.67. The summed E-state index contributed by atoms with van der Waals surface area (Å²) in [5.41, 5.74) is 4.58. The van der Waals surface area contributed by atoms with Gasteiger partial charge in [0.15, 0.2) is 0 Å². The SMILES string of the molecule is CCCc1cc(Br)c(CO[C@H]2CCO[C@@H](c3cnn(C4CC4)c3)C2)nc1C. The predicted octanol–water partition coefficient (Wildman–Crippen LogP) is 5.07. The highest BCUT2D eigenvalue weighted by Crippen LogP contribution is 2.36. The van der Waals surface area contributed by atoms with Crippen molar-refractivity contribution in [3.05, 3.63) is 45.4 Å². The molecule has 2 atom stereocenters. The first-order chi connectivity index (χ1) is 13.1. The lowest BCUT2D eigenvalue weighted by molar-refractivity contribution is -0.0799. The van der Waals surface area contributed by atoms with Gasteiger partial charge < -0.3 is 9.47 Å². The Bertz CT molecular complexity index is 788. The summed E-state index contributed by atoms with van der Waals surface area (Å²) in [6.07, 6.45) is 10.9. The van der Waals surface area contributed by atoms with E-state index in [4.69, 9.17) is 14.5 Å². The highest BCUT2D eigenvalue weighted by atomic mass is 79.9. The van der Waals surface area contributed by atoms with Crippen molar-refractivity contribution in [3.63, 3.8) is 0 Å². The summed E-state index contributed by atoms with van der Waals surface area (Å²) in [7, 11) is 0. The Kier molecular flexibility index (Phi) is 5.95. The molecule has 2 aromatic rings. The van der Waals surface area contributed by atoms with E-state index in [1.54, 1.807) is 0 Å². The van der Waals surface area contributed by atoms with Crippen molar-refractivity contribution in [2.24, 2.45) is 0 Å². The second-order valence-electron chi connectivity index (χ2n) is 7.71. The quantitative estimate of drug-likeness (QED) is 0.610. The molecule has 0 bridgehead atoms. The van der Waals surface area contributed by atoms with E-state index in [1.165, 1.54) is 24.0 Å².